The molecule has 0 aliphatic carbocycles. The van der Waals surface area contributed by atoms with E-state index < -0.39 is 0 Å². The zero-order valence-corrected chi connectivity index (χ0v) is 11.9. The van der Waals surface area contributed by atoms with Crippen LogP contribution in [0.1, 0.15) is 17.4 Å². The Morgan fingerprint density at radius 2 is 2.33 bits per heavy atom. The quantitative estimate of drug-likeness (QED) is 0.907. The van der Waals surface area contributed by atoms with Crippen molar-refractivity contribution in [3.8, 4) is 0 Å². The van der Waals surface area contributed by atoms with E-state index in [4.69, 9.17) is 17.3 Å². The summed E-state index contributed by atoms with van der Waals surface area (Å²) in [5, 5.41) is 6.80. The van der Waals surface area contributed by atoms with Crippen molar-refractivity contribution in [2.24, 2.45) is 5.73 Å². The van der Waals surface area contributed by atoms with E-state index in [-0.39, 0.29) is 6.04 Å². The van der Waals surface area contributed by atoms with E-state index in [2.05, 4.69) is 15.0 Å². The van der Waals surface area contributed by atoms with Crippen molar-refractivity contribution >= 4 is 22.9 Å². The predicted octanol–water partition coefficient (Wildman–Crippen LogP) is 1.60. The molecule has 0 spiro atoms. The van der Waals surface area contributed by atoms with Gasteiger partial charge in [-0.2, -0.15) is 5.10 Å². The second kappa shape index (κ2) is 5.79. The molecule has 1 unspecified atom stereocenters. The van der Waals surface area contributed by atoms with E-state index in [0.29, 0.717) is 5.02 Å². The summed E-state index contributed by atoms with van der Waals surface area (Å²) < 4.78 is 1.85. The van der Waals surface area contributed by atoms with Crippen molar-refractivity contribution in [1.82, 2.24) is 19.7 Å². The van der Waals surface area contributed by atoms with E-state index in [1.807, 2.05) is 24.2 Å². The monoisotopic (exact) mass is 285 g/mol. The van der Waals surface area contributed by atoms with Crippen LogP contribution in [-0.2, 0) is 6.54 Å². The van der Waals surface area contributed by atoms with Crippen molar-refractivity contribution in [2.45, 2.75) is 12.6 Å². The van der Waals surface area contributed by atoms with Gasteiger partial charge in [-0.1, -0.05) is 11.6 Å². The van der Waals surface area contributed by atoms with Gasteiger partial charge in [-0.3, -0.25) is 4.68 Å². The summed E-state index contributed by atoms with van der Waals surface area (Å²) >= 11 is 7.69. The second-order valence-corrected chi connectivity index (χ2v) is 5.42. The molecule has 0 fully saturated rings. The zero-order valence-electron chi connectivity index (χ0n) is 10.4. The van der Waals surface area contributed by atoms with Crippen LogP contribution in [0.3, 0.4) is 0 Å². The molecule has 0 saturated heterocycles. The maximum Gasteiger partial charge on any atom is 0.0920 e. The van der Waals surface area contributed by atoms with Crippen LogP contribution >= 0.6 is 22.9 Å². The molecule has 5 nitrogen and oxygen atoms in total. The minimum Gasteiger partial charge on any atom is -0.318 e. The molecule has 2 N–H and O–H groups in total. The van der Waals surface area contributed by atoms with Crippen molar-refractivity contribution < 1.29 is 0 Å². The van der Waals surface area contributed by atoms with Crippen molar-refractivity contribution in [3.63, 3.8) is 0 Å². The highest BCUT2D eigenvalue weighted by Gasteiger charge is 2.19. The lowest BCUT2D eigenvalue weighted by Crippen LogP contribution is -2.23. The van der Waals surface area contributed by atoms with Crippen LogP contribution in [0.25, 0.3) is 0 Å². The third-order valence-corrected chi connectivity index (χ3v) is 3.55. The van der Waals surface area contributed by atoms with Gasteiger partial charge in [-0.05, 0) is 14.1 Å². The molecule has 18 heavy (non-hydrogen) atoms. The lowest BCUT2D eigenvalue weighted by Gasteiger charge is -2.15. The first-order valence-corrected chi connectivity index (χ1v) is 6.91. The van der Waals surface area contributed by atoms with Gasteiger partial charge in [0.25, 0.3) is 0 Å². The Kier molecular flexibility index (Phi) is 4.34. The average Bonchev–Trinajstić information content (AvgIpc) is 2.94. The van der Waals surface area contributed by atoms with Crippen molar-refractivity contribution in [3.05, 3.63) is 33.5 Å². The highest BCUT2D eigenvalue weighted by molar-refractivity contribution is 7.07. The number of nitrogens with two attached hydrogens (primary N) is 1. The Balaban J connectivity index is 2.23. The first-order chi connectivity index (χ1) is 8.59. The first kappa shape index (κ1) is 13.5. The minimum absolute atomic E-state index is 0.326. The van der Waals surface area contributed by atoms with Crippen LogP contribution in [0.2, 0.25) is 5.02 Å². The fourth-order valence-electron chi connectivity index (χ4n) is 1.67. The Hall–Kier alpha value is -0.950. The Morgan fingerprint density at radius 3 is 2.94 bits per heavy atom. The predicted molar refractivity (Wildman–Crippen MR) is 73.9 cm³/mol. The summed E-state index contributed by atoms with van der Waals surface area (Å²) in [4.78, 5) is 6.32. The highest BCUT2D eigenvalue weighted by atomic mass is 35.5. The molecule has 7 heteroatoms. The van der Waals surface area contributed by atoms with Gasteiger partial charge in [0.2, 0.25) is 0 Å². The standard InChI is InChI=1S/C11H16ClN5S/c1-16(2)3-4-17-11(8(12)5-15-17)10(13)9-6-18-7-14-9/h5-7,10H,3-4,13H2,1-2H3. The van der Waals surface area contributed by atoms with Gasteiger partial charge < -0.3 is 10.6 Å². The SMILES string of the molecule is CN(C)CCn1ncc(Cl)c1C(N)c1cscn1. The maximum atomic E-state index is 6.20. The van der Waals surface area contributed by atoms with Gasteiger partial charge in [0.15, 0.2) is 0 Å². The fraction of sp³-hybridized carbons (Fsp3) is 0.455. The molecule has 0 saturated carbocycles. The van der Waals surface area contributed by atoms with E-state index in [9.17, 15) is 0 Å². The molecule has 2 rings (SSSR count). The van der Waals surface area contributed by atoms with Crippen molar-refractivity contribution in [2.75, 3.05) is 20.6 Å². The van der Waals surface area contributed by atoms with E-state index in [1.54, 1.807) is 11.7 Å². The molecule has 0 amide bonds. The second-order valence-electron chi connectivity index (χ2n) is 4.30. The molecule has 0 aliphatic rings. The van der Waals surface area contributed by atoms with Gasteiger partial charge in [0, 0.05) is 11.9 Å². The number of aromatic nitrogens is 3. The van der Waals surface area contributed by atoms with E-state index >= 15 is 0 Å². The largest absolute Gasteiger partial charge is 0.318 e. The summed E-state index contributed by atoms with van der Waals surface area (Å²) in [6.07, 6.45) is 1.64. The Bertz CT molecular complexity index is 494. The zero-order chi connectivity index (χ0) is 13.1. The summed E-state index contributed by atoms with van der Waals surface area (Å²) in [5.74, 6) is 0. The Labute approximate surface area is 115 Å². The van der Waals surface area contributed by atoms with Gasteiger partial charge in [0.1, 0.15) is 0 Å². The van der Waals surface area contributed by atoms with Gasteiger partial charge in [0.05, 0.1) is 40.7 Å². The fourth-order valence-corrected chi connectivity index (χ4v) is 2.52. The van der Waals surface area contributed by atoms with Crippen LogP contribution in [-0.4, -0.2) is 40.3 Å². The molecule has 2 aromatic heterocycles. The molecular formula is C11H16ClN5S. The molecule has 2 aromatic rings. The first-order valence-electron chi connectivity index (χ1n) is 5.59. The number of thiazole rings is 1. The summed E-state index contributed by atoms with van der Waals surface area (Å²) in [6.45, 7) is 1.64. The smallest absolute Gasteiger partial charge is 0.0920 e. The van der Waals surface area contributed by atoms with Crippen LogP contribution in [0.5, 0.6) is 0 Å². The normalized spacial score (nSPS) is 13.2. The lowest BCUT2D eigenvalue weighted by molar-refractivity contribution is 0.368. The number of hydrogen-bond acceptors (Lipinski definition) is 5. The third kappa shape index (κ3) is 2.89. The molecule has 0 aromatic carbocycles. The highest BCUT2D eigenvalue weighted by Crippen LogP contribution is 2.26. The third-order valence-electron chi connectivity index (χ3n) is 2.66. The summed E-state index contributed by atoms with van der Waals surface area (Å²) in [7, 11) is 4.04. The maximum absolute atomic E-state index is 6.20. The lowest BCUT2D eigenvalue weighted by atomic mass is 10.1. The summed E-state index contributed by atoms with van der Waals surface area (Å²) in [5.41, 5.74) is 9.62. The molecule has 0 bridgehead atoms. The average molecular weight is 286 g/mol. The molecular weight excluding hydrogens is 270 g/mol. The van der Waals surface area contributed by atoms with Crippen LogP contribution < -0.4 is 5.73 Å². The van der Waals surface area contributed by atoms with Crippen molar-refractivity contribution in [1.29, 1.82) is 0 Å². The number of rotatable bonds is 5. The molecule has 1 atom stereocenters. The molecule has 0 radical (unpaired) electrons. The van der Waals surface area contributed by atoms with E-state index in [1.165, 1.54) is 11.3 Å². The topological polar surface area (TPSA) is 60.0 Å². The Morgan fingerprint density at radius 1 is 1.56 bits per heavy atom. The van der Waals surface area contributed by atoms with Crippen LogP contribution in [0.15, 0.2) is 17.1 Å². The van der Waals surface area contributed by atoms with Gasteiger partial charge in [-0.25, -0.2) is 4.98 Å². The molecule has 98 valence electrons. The minimum atomic E-state index is -0.326. The molecule has 2 heterocycles. The number of hydrogen-bond donors (Lipinski definition) is 1. The number of nitrogens with zero attached hydrogens (tertiary/aromatic N) is 4. The van der Waals surface area contributed by atoms with Gasteiger partial charge >= 0.3 is 0 Å². The van der Waals surface area contributed by atoms with Gasteiger partial charge in [-0.15, -0.1) is 11.3 Å². The van der Waals surface area contributed by atoms with E-state index in [0.717, 1.165) is 24.5 Å². The van der Waals surface area contributed by atoms with Crippen LogP contribution in [0, 0.1) is 0 Å². The van der Waals surface area contributed by atoms with Crippen LogP contribution in [0.4, 0.5) is 0 Å². The number of likely N-dealkylation sites (N-methyl/N-ethyl adjacent to an activating group) is 1. The molecule has 0 aliphatic heterocycles. The number of halogens is 1. The summed E-state index contributed by atoms with van der Waals surface area (Å²) in [6, 6.07) is -0.326.